The molecule has 8 rings (SSSR count). The number of hydrogen-bond donors (Lipinski definition) is 4. The molecule has 16 nitrogen and oxygen atoms in total. The van der Waals surface area contributed by atoms with E-state index in [-0.39, 0.29) is 46.5 Å². The number of H-pyrrole nitrogens is 2. The van der Waals surface area contributed by atoms with E-state index in [0.717, 1.165) is 74.8 Å². The van der Waals surface area contributed by atoms with Crippen LogP contribution in [0.1, 0.15) is 75.8 Å². The first kappa shape index (κ1) is 41.3. The van der Waals surface area contributed by atoms with E-state index in [9.17, 15) is 19.2 Å². The van der Waals surface area contributed by atoms with Crippen LogP contribution in [0.2, 0.25) is 0 Å². The Balaban J connectivity index is 1.04. The van der Waals surface area contributed by atoms with Crippen molar-refractivity contribution in [2.75, 3.05) is 27.9 Å². The molecule has 2 aromatic heterocycles. The lowest BCUT2D eigenvalue weighted by Gasteiger charge is -2.32. The maximum absolute atomic E-state index is 13.9. The molecule has 0 spiro atoms. The largest absolute Gasteiger partial charge is 0.488 e. The summed E-state index contributed by atoms with van der Waals surface area (Å²) in [5.41, 5.74) is 6.51. The number of rotatable bonds is 10. The molecule has 60 heavy (non-hydrogen) atoms. The SMILES string of the molecule is COC[C@H](NC(=O)OC)C(=O)N1[C@@H](I)CC[C@H]1c1nc2ccc3cc4c(cc3c2[nH]1)OCc1cc(-c2cnc(C3CC[C@H](C)N3C(=O)[C@@H](NC(=O)OC)C(C)C)[nH]2)ccc1-4. The van der Waals surface area contributed by atoms with Crippen molar-refractivity contribution in [3.05, 3.63) is 65.9 Å². The van der Waals surface area contributed by atoms with Crippen molar-refractivity contribution in [2.24, 2.45) is 5.92 Å². The third-order valence-electron chi connectivity index (χ3n) is 11.9. The molecule has 5 aromatic rings. The van der Waals surface area contributed by atoms with Gasteiger partial charge in [-0.2, -0.15) is 0 Å². The van der Waals surface area contributed by atoms with Crippen molar-refractivity contribution in [1.82, 2.24) is 40.4 Å². The minimum absolute atomic E-state index is 0.00583. The Hall–Kier alpha value is -5.43. The topological polar surface area (TPSA) is 193 Å². The van der Waals surface area contributed by atoms with E-state index < -0.39 is 24.3 Å². The number of carbonyl (C=O) groups is 4. The van der Waals surface area contributed by atoms with Crippen molar-refractivity contribution in [3.63, 3.8) is 0 Å². The Labute approximate surface area is 360 Å². The molecule has 3 aliphatic heterocycles. The van der Waals surface area contributed by atoms with E-state index in [4.69, 9.17) is 28.9 Å². The predicted octanol–water partition coefficient (Wildman–Crippen LogP) is 6.89. The number of likely N-dealkylation sites (tertiary alicyclic amines) is 2. The maximum atomic E-state index is 13.9. The molecule has 5 heterocycles. The summed E-state index contributed by atoms with van der Waals surface area (Å²) in [5, 5.41) is 7.30. The van der Waals surface area contributed by atoms with Crippen LogP contribution in [0.15, 0.2) is 48.7 Å². The standard InChI is InChI=1S/C43H49IN8O8/c1-21(2)36(50-43(56)59-6)41(54)51-22(3)7-12-32(51)38-45-18-30(47-38)24-8-10-26-25(15-24)19-60-34-17-27-23(16-28(26)34)9-11-29-37(27)49-39(46-29)33-13-14-35(44)52(33)40(53)31(20-57-4)48-42(55)58-5/h8-11,15-18,21-22,31-33,35-36H,7,12-14,19-20H2,1-6H3,(H,45,47)(H,46,49)(H,48,55)(H,50,56)/t22-,31-,32?,33-,35+,36-/m0/s1. The zero-order valence-electron chi connectivity index (χ0n) is 34.3. The summed E-state index contributed by atoms with van der Waals surface area (Å²) >= 11 is 2.27. The van der Waals surface area contributed by atoms with Crippen LogP contribution in [0, 0.1) is 5.92 Å². The van der Waals surface area contributed by atoms with Crippen LogP contribution in [0.4, 0.5) is 9.59 Å². The van der Waals surface area contributed by atoms with Gasteiger partial charge in [-0.3, -0.25) is 9.59 Å². The number of alkyl carbamates (subject to hydrolysis) is 2. The second-order valence-electron chi connectivity index (χ2n) is 16.0. The summed E-state index contributed by atoms with van der Waals surface area (Å²) in [5.74, 6) is 1.59. The van der Waals surface area contributed by atoms with Gasteiger partial charge in [0, 0.05) is 24.1 Å². The maximum Gasteiger partial charge on any atom is 0.407 e. The molecule has 0 aliphatic carbocycles. The highest BCUT2D eigenvalue weighted by Gasteiger charge is 2.43. The number of nitrogens with one attached hydrogen (secondary N) is 4. The fourth-order valence-electron chi connectivity index (χ4n) is 8.83. The predicted molar refractivity (Wildman–Crippen MR) is 231 cm³/mol. The number of methoxy groups -OCH3 is 3. The number of fused-ring (bicyclic) bond motifs is 6. The quantitative estimate of drug-likeness (QED) is 0.0651. The number of aromatic amines is 2. The van der Waals surface area contributed by atoms with E-state index in [0.29, 0.717) is 24.7 Å². The van der Waals surface area contributed by atoms with Gasteiger partial charge in [0.05, 0.1) is 59.9 Å². The number of halogens is 1. The van der Waals surface area contributed by atoms with Crippen LogP contribution in [0.3, 0.4) is 0 Å². The molecule has 17 heteroatoms. The highest BCUT2D eigenvalue weighted by Crippen LogP contribution is 2.44. The van der Waals surface area contributed by atoms with Gasteiger partial charge in [0.2, 0.25) is 11.8 Å². The average molecular weight is 933 g/mol. The lowest BCUT2D eigenvalue weighted by atomic mass is 9.92. The Morgan fingerprint density at radius 1 is 0.883 bits per heavy atom. The number of amides is 4. The Morgan fingerprint density at radius 2 is 1.63 bits per heavy atom. The summed E-state index contributed by atoms with van der Waals surface area (Å²) in [7, 11) is 4.03. The molecular weight excluding hydrogens is 883 g/mol. The lowest BCUT2D eigenvalue weighted by molar-refractivity contribution is -0.137. The number of imidazole rings is 2. The normalized spacial score (nSPS) is 20.7. The van der Waals surface area contributed by atoms with E-state index in [1.807, 2.05) is 37.9 Å². The molecule has 3 aromatic carbocycles. The molecule has 316 valence electrons. The highest BCUT2D eigenvalue weighted by atomic mass is 127. The van der Waals surface area contributed by atoms with E-state index in [1.165, 1.54) is 21.3 Å². The summed E-state index contributed by atoms with van der Waals surface area (Å²) in [6, 6.07) is 12.3. The summed E-state index contributed by atoms with van der Waals surface area (Å²) in [6.07, 6.45) is 3.52. The Morgan fingerprint density at radius 3 is 2.38 bits per heavy atom. The molecular formula is C43H49IN8O8. The first-order valence-electron chi connectivity index (χ1n) is 20.1. The molecule has 4 N–H and O–H groups in total. The summed E-state index contributed by atoms with van der Waals surface area (Å²) in [4.78, 5) is 72.2. The minimum Gasteiger partial charge on any atom is -0.488 e. The smallest absolute Gasteiger partial charge is 0.407 e. The highest BCUT2D eigenvalue weighted by molar-refractivity contribution is 14.1. The van der Waals surface area contributed by atoms with Crippen LogP contribution in [-0.2, 0) is 30.4 Å². The number of ether oxygens (including phenoxy) is 4. The van der Waals surface area contributed by atoms with Gasteiger partial charge in [0.15, 0.2) is 0 Å². The number of hydrogen-bond acceptors (Lipinski definition) is 10. The van der Waals surface area contributed by atoms with Crippen LogP contribution in [0.25, 0.3) is 44.2 Å². The molecule has 0 radical (unpaired) electrons. The van der Waals surface area contributed by atoms with Gasteiger partial charge in [-0.15, -0.1) is 0 Å². The van der Waals surface area contributed by atoms with Crippen LogP contribution in [0.5, 0.6) is 5.75 Å². The van der Waals surface area contributed by atoms with Crippen LogP contribution in [-0.4, -0.2) is 104 Å². The monoisotopic (exact) mass is 932 g/mol. The molecule has 0 bridgehead atoms. The fourth-order valence-corrected chi connectivity index (χ4v) is 9.85. The van der Waals surface area contributed by atoms with Gasteiger partial charge in [0.25, 0.3) is 0 Å². The summed E-state index contributed by atoms with van der Waals surface area (Å²) < 4.78 is 21.1. The molecule has 1 unspecified atom stereocenters. The van der Waals surface area contributed by atoms with Crippen molar-refractivity contribution in [3.8, 4) is 28.1 Å². The number of nitrogens with zero attached hydrogens (tertiary/aromatic N) is 4. The van der Waals surface area contributed by atoms with Crippen molar-refractivity contribution in [2.45, 2.75) is 87.3 Å². The number of carbonyl (C=O) groups excluding carboxylic acids is 4. The van der Waals surface area contributed by atoms with E-state index >= 15 is 0 Å². The van der Waals surface area contributed by atoms with Crippen molar-refractivity contribution < 1.29 is 38.1 Å². The summed E-state index contributed by atoms with van der Waals surface area (Å²) in [6.45, 7) is 6.21. The number of aromatic nitrogens is 4. The van der Waals surface area contributed by atoms with Gasteiger partial charge in [-0.25, -0.2) is 19.6 Å². The molecule has 0 saturated carbocycles. The second kappa shape index (κ2) is 16.9. The Bertz CT molecular complexity index is 2470. The number of alkyl halides is 1. The zero-order chi connectivity index (χ0) is 42.4. The second-order valence-corrected chi connectivity index (χ2v) is 17.4. The third kappa shape index (κ3) is 7.61. The van der Waals surface area contributed by atoms with E-state index in [1.54, 1.807) is 4.90 Å². The average Bonchev–Trinajstić information content (AvgIpc) is 4.07. The van der Waals surface area contributed by atoms with Crippen molar-refractivity contribution >= 4 is 68.4 Å². The minimum atomic E-state index is -0.906. The first-order valence-corrected chi connectivity index (χ1v) is 21.4. The fraction of sp³-hybridized carbons (Fsp3) is 0.442. The van der Waals surface area contributed by atoms with Gasteiger partial charge >= 0.3 is 12.2 Å². The molecule has 3 aliphatic rings. The van der Waals surface area contributed by atoms with Gasteiger partial charge in [-0.05, 0) is 84.9 Å². The molecule has 6 atom stereocenters. The Kier molecular flexibility index (Phi) is 11.6. The van der Waals surface area contributed by atoms with E-state index in [2.05, 4.69) is 79.6 Å². The lowest BCUT2D eigenvalue weighted by Crippen LogP contribution is -2.52. The van der Waals surface area contributed by atoms with Gasteiger partial charge in [-0.1, -0.05) is 54.6 Å². The molecule has 2 saturated heterocycles. The van der Waals surface area contributed by atoms with Gasteiger partial charge < -0.3 is 49.3 Å². The number of benzene rings is 3. The van der Waals surface area contributed by atoms with Crippen LogP contribution >= 0.6 is 22.6 Å². The van der Waals surface area contributed by atoms with Crippen LogP contribution < -0.4 is 15.4 Å². The first-order chi connectivity index (χ1) is 28.9. The zero-order valence-corrected chi connectivity index (χ0v) is 36.5. The van der Waals surface area contributed by atoms with Crippen molar-refractivity contribution in [1.29, 1.82) is 0 Å². The molecule has 2 fully saturated rings. The molecule has 4 amide bonds. The van der Waals surface area contributed by atoms with Gasteiger partial charge in [0.1, 0.15) is 36.1 Å². The third-order valence-corrected chi connectivity index (χ3v) is 13.1.